The van der Waals surface area contributed by atoms with Crippen LogP contribution in [0.2, 0.25) is 0 Å². The Kier molecular flexibility index (Phi) is 4.54. The zero-order chi connectivity index (χ0) is 13.7. The summed E-state index contributed by atoms with van der Waals surface area (Å²) >= 11 is 0. The van der Waals surface area contributed by atoms with Crippen LogP contribution in [0.4, 0.5) is 13.2 Å². The number of carbonyl (C=O) groups excluding carboxylic acids is 1. The van der Waals surface area contributed by atoms with Gasteiger partial charge in [0.05, 0.1) is 17.7 Å². The average Bonchev–Trinajstić information content (AvgIpc) is 2.28. The molecule has 0 bridgehead atoms. The molecule has 0 radical (unpaired) electrons. The number of benzene rings is 1. The molecule has 4 nitrogen and oxygen atoms in total. The van der Waals surface area contributed by atoms with Crippen LogP contribution in [0.1, 0.15) is 22.8 Å². The highest BCUT2D eigenvalue weighted by atomic mass is 19.3. The standard InChI is InChI=1S/C11H8F3NO3/c1-2-17-10(16)7-3-6(5-15)9(4-8(7)12)18-11(13)14/h3-4,11H,2H2,1H3. The molecule has 0 aliphatic heterocycles. The molecule has 1 aromatic rings. The van der Waals surface area contributed by atoms with Crippen LogP contribution in [0, 0.1) is 17.1 Å². The van der Waals surface area contributed by atoms with Crippen LogP contribution < -0.4 is 4.74 Å². The Balaban J connectivity index is 3.19. The number of ether oxygens (including phenoxy) is 2. The van der Waals surface area contributed by atoms with Gasteiger partial charge in [0.15, 0.2) is 0 Å². The summed E-state index contributed by atoms with van der Waals surface area (Å²) in [6.07, 6.45) is 0. The van der Waals surface area contributed by atoms with E-state index >= 15 is 0 Å². The first-order valence-corrected chi connectivity index (χ1v) is 4.85. The van der Waals surface area contributed by atoms with Gasteiger partial charge in [0.1, 0.15) is 17.6 Å². The van der Waals surface area contributed by atoms with Gasteiger partial charge in [-0.25, -0.2) is 9.18 Å². The zero-order valence-electron chi connectivity index (χ0n) is 9.25. The van der Waals surface area contributed by atoms with Crippen molar-refractivity contribution >= 4 is 5.97 Å². The molecule has 1 aromatic carbocycles. The Bertz CT molecular complexity index is 497. The lowest BCUT2D eigenvalue weighted by atomic mass is 10.1. The minimum Gasteiger partial charge on any atom is -0.462 e. The highest BCUT2D eigenvalue weighted by molar-refractivity contribution is 5.90. The predicted octanol–water partition coefficient (Wildman–Crippen LogP) is 2.48. The lowest BCUT2D eigenvalue weighted by Gasteiger charge is -2.09. The van der Waals surface area contributed by atoms with Crippen molar-refractivity contribution < 1.29 is 27.4 Å². The van der Waals surface area contributed by atoms with Crippen LogP contribution in [0.15, 0.2) is 12.1 Å². The Hall–Kier alpha value is -2.23. The molecule has 0 saturated heterocycles. The van der Waals surface area contributed by atoms with Crippen molar-refractivity contribution in [1.29, 1.82) is 5.26 Å². The number of esters is 1. The molecule has 0 aromatic heterocycles. The number of hydrogen-bond donors (Lipinski definition) is 0. The molecule has 0 amide bonds. The maximum absolute atomic E-state index is 13.5. The molecule has 0 N–H and O–H groups in total. The fraction of sp³-hybridized carbons (Fsp3) is 0.273. The molecule has 0 saturated carbocycles. The fourth-order valence-electron chi connectivity index (χ4n) is 1.20. The molecular weight excluding hydrogens is 251 g/mol. The van der Waals surface area contributed by atoms with Crippen LogP contribution >= 0.6 is 0 Å². The zero-order valence-corrected chi connectivity index (χ0v) is 9.25. The Morgan fingerprint density at radius 1 is 1.50 bits per heavy atom. The van der Waals surface area contributed by atoms with Gasteiger partial charge in [0.2, 0.25) is 0 Å². The van der Waals surface area contributed by atoms with Crippen molar-refractivity contribution in [3.8, 4) is 11.8 Å². The fourth-order valence-corrected chi connectivity index (χ4v) is 1.20. The molecule has 0 atom stereocenters. The maximum Gasteiger partial charge on any atom is 0.387 e. The van der Waals surface area contributed by atoms with Gasteiger partial charge in [-0.3, -0.25) is 0 Å². The summed E-state index contributed by atoms with van der Waals surface area (Å²) in [5.74, 6) is -2.70. The van der Waals surface area contributed by atoms with E-state index in [0.29, 0.717) is 6.07 Å². The number of halogens is 3. The molecule has 1 rings (SSSR count). The maximum atomic E-state index is 13.5. The second kappa shape index (κ2) is 5.91. The van der Waals surface area contributed by atoms with Crippen molar-refractivity contribution in [2.45, 2.75) is 13.5 Å². The number of hydrogen-bond acceptors (Lipinski definition) is 4. The van der Waals surface area contributed by atoms with E-state index in [2.05, 4.69) is 9.47 Å². The van der Waals surface area contributed by atoms with Crippen molar-refractivity contribution in [2.75, 3.05) is 6.61 Å². The summed E-state index contributed by atoms with van der Waals surface area (Å²) < 4.78 is 46.0. The number of rotatable bonds is 4. The Labute approximate surface area is 101 Å². The lowest BCUT2D eigenvalue weighted by molar-refractivity contribution is -0.0501. The van der Waals surface area contributed by atoms with Gasteiger partial charge in [-0.2, -0.15) is 14.0 Å². The largest absolute Gasteiger partial charge is 0.462 e. The molecule has 0 aliphatic carbocycles. The third kappa shape index (κ3) is 3.13. The number of nitrogens with zero attached hydrogens (tertiary/aromatic N) is 1. The van der Waals surface area contributed by atoms with E-state index < -0.39 is 29.7 Å². The molecular formula is C11H8F3NO3. The SMILES string of the molecule is CCOC(=O)c1cc(C#N)c(OC(F)F)cc1F. The smallest absolute Gasteiger partial charge is 0.387 e. The second-order valence-corrected chi connectivity index (χ2v) is 3.04. The van der Waals surface area contributed by atoms with E-state index in [4.69, 9.17) is 5.26 Å². The van der Waals surface area contributed by atoms with E-state index in [1.807, 2.05) is 0 Å². The summed E-state index contributed by atoms with van der Waals surface area (Å²) in [6, 6.07) is 2.90. The molecule has 0 heterocycles. The highest BCUT2D eigenvalue weighted by Gasteiger charge is 2.19. The molecule has 96 valence electrons. The third-order valence-corrected chi connectivity index (χ3v) is 1.90. The van der Waals surface area contributed by atoms with Crippen molar-refractivity contribution in [1.82, 2.24) is 0 Å². The van der Waals surface area contributed by atoms with E-state index in [9.17, 15) is 18.0 Å². The number of nitriles is 1. The summed E-state index contributed by atoms with van der Waals surface area (Å²) in [7, 11) is 0. The minimum absolute atomic E-state index is 0.0233. The molecule has 0 spiro atoms. The molecule has 18 heavy (non-hydrogen) atoms. The molecule has 0 unspecified atom stereocenters. The number of carbonyl (C=O) groups is 1. The Morgan fingerprint density at radius 2 is 2.17 bits per heavy atom. The quantitative estimate of drug-likeness (QED) is 0.779. The van der Waals surface area contributed by atoms with Gasteiger partial charge >= 0.3 is 12.6 Å². The van der Waals surface area contributed by atoms with Gasteiger partial charge in [-0.05, 0) is 13.0 Å². The van der Waals surface area contributed by atoms with E-state index in [-0.39, 0.29) is 12.2 Å². The minimum atomic E-state index is -3.19. The first kappa shape index (κ1) is 13.8. The van der Waals surface area contributed by atoms with Gasteiger partial charge < -0.3 is 9.47 Å². The molecule has 7 heteroatoms. The topological polar surface area (TPSA) is 59.3 Å². The van der Waals surface area contributed by atoms with Crippen LogP contribution in [-0.4, -0.2) is 19.2 Å². The highest BCUT2D eigenvalue weighted by Crippen LogP contribution is 2.24. The van der Waals surface area contributed by atoms with Crippen LogP contribution in [0.3, 0.4) is 0 Å². The van der Waals surface area contributed by atoms with Gasteiger partial charge in [-0.15, -0.1) is 0 Å². The predicted molar refractivity (Wildman–Crippen MR) is 53.7 cm³/mol. The monoisotopic (exact) mass is 259 g/mol. The van der Waals surface area contributed by atoms with Crippen molar-refractivity contribution in [3.63, 3.8) is 0 Å². The van der Waals surface area contributed by atoms with Crippen molar-refractivity contribution in [3.05, 3.63) is 29.1 Å². The summed E-state index contributed by atoms with van der Waals surface area (Å²) in [6.45, 7) is -1.64. The Morgan fingerprint density at radius 3 is 2.67 bits per heavy atom. The van der Waals surface area contributed by atoms with Gasteiger partial charge in [0.25, 0.3) is 0 Å². The van der Waals surface area contributed by atoms with Gasteiger partial charge in [0, 0.05) is 6.07 Å². The molecule has 0 aliphatic rings. The van der Waals surface area contributed by atoms with E-state index in [1.54, 1.807) is 0 Å². The third-order valence-electron chi connectivity index (χ3n) is 1.90. The molecule has 0 fully saturated rings. The van der Waals surface area contributed by atoms with Crippen molar-refractivity contribution in [2.24, 2.45) is 0 Å². The lowest BCUT2D eigenvalue weighted by Crippen LogP contribution is -2.10. The number of alkyl halides is 2. The summed E-state index contributed by atoms with van der Waals surface area (Å²) in [5, 5.41) is 8.71. The average molecular weight is 259 g/mol. The second-order valence-electron chi connectivity index (χ2n) is 3.04. The first-order chi connectivity index (χ1) is 8.49. The van der Waals surface area contributed by atoms with E-state index in [0.717, 1.165) is 6.07 Å². The normalized spacial score (nSPS) is 10.0. The van der Waals surface area contributed by atoms with Gasteiger partial charge in [-0.1, -0.05) is 0 Å². The van der Waals surface area contributed by atoms with Crippen LogP contribution in [-0.2, 0) is 4.74 Å². The van der Waals surface area contributed by atoms with Crippen LogP contribution in [0.5, 0.6) is 5.75 Å². The first-order valence-electron chi connectivity index (χ1n) is 4.85. The summed E-state index contributed by atoms with van der Waals surface area (Å²) in [5.41, 5.74) is -0.880. The van der Waals surface area contributed by atoms with E-state index in [1.165, 1.54) is 13.0 Å². The van der Waals surface area contributed by atoms with Crippen LogP contribution in [0.25, 0.3) is 0 Å². The summed E-state index contributed by atoms with van der Waals surface area (Å²) in [4.78, 5) is 11.3.